The van der Waals surface area contributed by atoms with E-state index in [0.29, 0.717) is 19.6 Å². The van der Waals surface area contributed by atoms with Gasteiger partial charge in [-0.25, -0.2) is 8.42 Å². The van der Waals surface area contributed by atoms with Crippen LogP contribution in [0.1, 0.15) is 20.3 Å². The molecule has 0 aliphatic carbocycles. The zero-order valence-electron chi connectivity index (χ0n) is 11.9. The molecule has 118 valence electrons. The molecular weight excluding hydrogens is 286 g/mol. The first-order valence-corrected chi connectivity index (χ1v) is 8.42. The summed E-state index contributed by atoms with van der Waals surface area (Å²) in [5, 5.41) is 9.15. The van der Waals surface area contributed by atoms with E-state index in [-0.39, 0.29) is 25.6 Å². The number of carboxylic acid groups (broad SMARTS) is 1. The van der Waals surface area contributed by atoms with E-state index in [0.717, 1.165) is 0 Å². The van der Waals surface area contributed by atoms with Crippen LogP contribution < -0.4 is 0 Å². The maximum atomic E-state index is 12.3. The third-order valence-corrected chi connectivity index (χ3v) is 5.08. The summed E-state index contributed by atoms with van der Waals surface area (Å²) in [6.07, 6.45) is 0.622. The molecule has 0 bridgehead atoms. The third-order valence-electron chi connectivity index (χ3n) is 3.23. The molecule has 0 aromatic carbocycles. The number of hydrogen-bond donors (Lipinski definition) is 1. The fourth-order valence-electron chi connectivity index (χ4n) is 2.22. The van der Waals surface area contributed by atoms with Crippen molar-refractivity contribution in [3.8, 4) is 0 Å². The van der Waals surface area contributed by atoms with Crippen LogP contribution in [-0.4, -0.2) is 68.6 Å². The average molecular weight is 309 g/mol. The first-order chi connectivity index (χ1) is 9.44. The molecule has 8 heteroatoms. The Morgan fingerprint density at radius 2 is 2.10 bits per heavy atom. The number of nitrogens with zero attached hydrogens (tertiary/aromatic N) is 1. The molecule has 0 spiro atoms. The van der Waals surface area contributed by atoms with E-state index < -0.39 is 28.0 Å². The summed E-state index contributed by atoms with van der Waals surface area (Å²) >= 11 is 0. The molecule has 2 atom stereocenters. The van der Waals surface area contributed by atoms with Crippen LogP contribution in [0.25, 0.3) is 0 Å². The largest absolute Gasteiger partial charge is 0.481 e. The molecule has 1 fully saturated rings. The monoisotopic (exact) mass is 309 g/mol. The van der Waals surface area contributed by atoms with Crippen molar-refractivity contribution in [1.82, 2.24) is 4.31 Å². The molecule has 1 saturated heterocycles. The zero-order valence-corrected chi connectivity index (χ0v) is 12.8. The van der Waals surface area contributed by atoms with Gasteiger partial charge in [-0.3, -0.25) is 4.79 Å². The molecule has 0 saturated carbocycles. The fourth-order valence-corrected chi connectivity index (χ4v) is 3.86. The lowest BCUT2D eigenvalue weighted by molar-refractivity contribution is -0.142. The van der Waals surface area contributed by atoms with Gasteiger partial charge in [0.05, 0.1) is 37.5 Å². The maximum absolute atomic E-state index is 12.3. The van der Waals surface area contributed by atoms with Gasteiger partial charge >= 0.3 is 5.97 Å². The number of carboxylic acids is 1. The van der Waals surface area contributed by atoms with Gasteiger partial charge in [0.1, 0.15) is 0 Å². The molecule has 1 rings (SSSR count). The highest BCUT2D eigenvalue weighted by molar-refractivity contribution is 7.89. The van der Waals surface area contributed by atoms with Gasteiger partial charge in [-0.2, -0.15) is 4.31 Å². The van der Waals surface area contributed by atoms with Gasteiger partial charge < -0.3 is 14.6 Å². The summed E-state index contributed by atoms with van der Waals surface area (Å²) < 4.78 is 36.2. The van der Waals surface area contributed by atoms with Gasteiger partial charge in [-0.05, 0) is 13.3 Å². The summed E-state index contributed by atoms with van der Waals surface area (Å²) in [4.78, 5) is 11.2. The van der Waals surface area contributed by atoms with Crippen molar-refractivity contribution in [2.24, 2.45) is 5.92 Å². The summed E-state index contributed by atoms with van der Waals surface area (Å²) in [6.45, 7) is 4.70. The van der Waals surface area contributed by atoms with Crippen LogP contribution in [0.3, 0.4) is 0 Å². The highest BCUT2D eigenvalue weighted by Gasteiger charge is 2.42. The molecule has 0 amide bonds. The molecule has 0 aromatic rings. The van der Waals surface area contributed by atoms with Crippen molar-refractivity contribution in [3.63, 3.8) is 0 Å². The Bertz CT molecular complexity index is 410. The highest BCUT2D eigenvalue weighted by Crippen LogP contribution is 2.23. The van der Waals surface area contributed by atoms with E-state index in [9.17, 15) is 13.2 Å². The fraction of sp³-hybridized carbons (Fsp3) is 0.917. The van der Waals surface area contributed by atoms with Gasteiger partial charge in [0.25, 0.3) is 0 Å². The molecule has 0 radical (unpaired) electrons. The Labute approximate surface area is 119 Å². The molecule has 1 N–H and O–H groups in total. The minimum atomic E-state index is -3.54. The smallest absolute Gasteiger partial charge is 0.310 e. The first-order valence-electron chi connectivity index (χ1n) is 6.81. The Morgan fingerprint density at radius 3 is 2.65 bits per heavy atom. The lowest BCUT2D eigenvalue weighted by Gasteiger charge is -2.29. The molecule has 0 aromatic heterocycles. The van der Waals surface area contributed by atoms with Crippen molar-refractivity contribution < 1.29 is 27.8 Å². The number of rotatable bonds is 9. The molecule has 7 nitrogen and oxygen atoms in total. The topological polar surface area (TPSA) is 93.1 Å². The van der Waals surface area contributed by atoms with Crippen LogP contribution in [0.5, 0.6) is 0 Å². The number of sulfonamides is 1. The lowest BCUT2D eigenvalue weighted by atomic mass is 10.0. The number of ether oxygens (including phenoxy) is 2. The second kappa shape index (κ2) is 7.92. The second-order valence-corrected chi connectivity index (χ2v) is 6.71. The van der Waals surface area contributed by atoms with Crippen molar-refractivity contribution in [2.75, 3.05) is 38.7 Å². The third kappa shape index (κ3) is 4.41. The van der Waals surface area contributed by atoms with Gasteiger partial charge in [-0.1, -0.05) is 6.92 Å². The molecule has 1 heterocycles. The van der Waals surface area contributed by atoms with Crippen molar-refractivity contribution >= 4 is 16.0 Å². The second-order valence-electron chi connectivity index (χ2n) is 4.67. The Morgan fingerprint density at radius 1 is 1.40 bits per heavy atom. The molecular formula is C12H23NO6S. The normalized spacial score (nSPS) is 23.4. The number of carbonyl (C=O) groups is 1. The Hall–Kier alpha value is -0.700. The highest BCUT2D eigenvalue weighted by atomic mass is 32.2. The quantitative estimate of drug-likeness (QED) is 0.610. The zero-order chi connectivity index (χ0) is 15.2. The van der Waals surface area contributed by atoms with Crippen LogP contribution in [0.15, 0.2) is 0 Å². The standard InChI is InChI=1S/C12H23NO6S/c1-3-5-13(20(16,17)7-6-18-4-2)11-9-19-8-10(11)12(14)15/h10-11H,3-9H2,1-2H3,(H,14,15). The van der Waals surface area contributed by atoms with E-state index in [2.05, 4.69) is 0 Å². The van der Waals surface area contributed by atoms with Crippen molar-refractivity contribution in [2.45, 2.75) is 26.3 Å². The number of hydrogen-bond acceptors (Lipinski definition) is 5. The van der Waals surface area contributed by atoms with E-state index >= 15 is 0 Å². The Kier molecular flexibility index (Phi) is 6.87. The van der Waals surface area contributed by atoms with Gasteiger partial charge in [0.2, 0.25) is 10.0 Å². The van der Waals surface area contributed by atoms with Crippen LogP contribution in [0.4, 0.5) is 0 Å². The summed E-state index contributed by atoms with van der Waals surface area (Å²) in [6, 6.07) is -0.626. The predicted octanol–water partition coefficient (Wildman–Crippen LogP) is 0.164. The minimum absolute atomic E-state index is 0.0567. The first kappa shape index (κ1) is 17.4. The van der Waals surface area contributed by atoms with Gasteiger partial charge in [0.15, 0.2) is 0 Å². The van der Waals surface area contributed by atoms with E-state index in [4.69, 9.17) is 14.6 Å². The van der Waals surface area contributed by atoms with E-state index in [1.54, 1.807) is 6.92 Å². The summed E-state index contributed by atoms with van der Waals surface area (Å²) in [5.41, 5.74) is 0. The SMILES string of the molecule is CCCN(C1COCC1C(=O)O)S(=O)(=O)CCOCC. The Balaban J connectivity index is 2.84. The van der Waals surface area contributed by atoms with E-state index in [1.165, 1.54) is 4.31 Å². The van der Waals surface area contributed by atoms with Gasteiger partial charge in [0, 0.05) is 13.2 Å². The molecule has 2 unspecified atom stereocenters. The van der Waals surface area contributed by atoms with Crippen LogP contribution in [0, 0.1) is 5.92 Å². The minimum Gasteiger partial charge on any atom is -0.481 e. The van der Waals surface area contributed by atoms with Crippen molar-refractivity contribution in [1.29, 1.82) is 0 Å². The maximum Gasteiger partial charge on any atom is 0.310 e. The van der Waals surface area contributed by atoms with Crippen LogP contribution >= 0.6 is 0 Å². The van der Waals surface area contributed by atoms with Crippen LogP contribution in [0.2, 0.25) is 0 Å². The van der Waals surface area contributed by atoms with Crippen molar-refractivity contribution in [3.05, 3.63) is 0 Å². The van der Waals surface area contributed by atoms with E-state index in [1.807, 2.05) is 6.92 Å². The number of aliphatic carboxylic acids is 1. The van der Waals surface area contributed by atoms with Gasteiger partial charge in [-0.15, -0.1) is 0 Å². The summed E-state index contributed by atoms with van der Waals surface area (Å²) in [7, 11) is -3.54. The summed E-state index contributed by atoms with van der Waals surface area (Å²) in [5.74, 6) is -1.96. The lowest BCUT2D eigenvalue weighted by Crippen LogP contribution is -2.48. The molecule has 20 heavy (non-hydrogen) atoms. The predicted molar refractivity (Wildman–Crippen MR) is 73.0 cm³/mol. The molecule has 1 aliphatic heterocycles. The van der Waals surface area contributed by atoms with Crippen LogP contribution in [-0.2, 0) is 24.3 Å². The average Bonchev–Trinajstić information content (AvgIpc) is 2.84. The molecule has 1 aliphatic rings.